The summed E-state index contributed by atoms with van der Waals surface area (Å²) < 4.78 is 5.18. The maximum absolute atomic E-state index is 5.18. The molecular formula is C18H24N4O. The Morgan fingerprint density at radius 1 is 1.00 bits per heavy atom. The van der Waals surface area contributed by atoms with Crippen LogP contribution in [-0.2, 0) is 0 Å². The maximum atomic E-state index is 5.18. The number of ether oxygens (including phenoxy) is 1. The quantitative estimate of drug-likeness (QED) is 0.863. The monoisotopic (exact) mass is 312 g/mol. The summed E-state index contributed by atoms with van der Waals surface area (Å²) in [5.74, 6) is 3.32. The summed E-state index contributed by atoms with van der Waals surface area (Å²) in [4.78, 5) is 8.99. The average Bonchev–Trinajstić information content (AvgIpc) is 2.56. The minimum Gasteiger partial charge on any atom is -0.497 e. The van der Waals surface area contributed by atoms with Gasteiger partial charge in [0.05, 0.1) is 7.11 Å². The van der Waals surface area contributed by atoms with E-state index >= 15 is 0 Å². The number of hydrogen-bond donors (Lipinski definition) is 2. The Morgan fingerprint density at radius 3 is 2.39 bits per heavy atom. The van der Waals surface area contributed by atoms with Crippen LogP contribution < -0.4 is 15.4 Å². The molecule has 122 valence electrons. The summed E-state index contributed by atoms with van der Waals surface area (Å²) in [5.41, 5.74) is 0.979. The summed E-state index contributed by atoms with van der Waals surface area (Å²) >= 11 is 0. The Hall–Kier alpha value is -2.30. The second-order valence-corrected chi connectivity index (χ2v) is 6.02. The molecule has 0 aliphatic heterocycles. The SMILES string of the molecule is COc1ccc(Nc2cc(NC3CCCCC3)nc(C)n2)cc1. The summed E-state index contributed by atoms with van der Waals surface area (Å²) in [5, 5.41) is 6.88. The van der Waals surface area contributed by atoms with Gasteiger partial charge < -0.3 is 15.4 Å². The number of aryl methyl sites for hydroxylation is 1. The van der Waals surface area contributed by atoms with Crippen molar-refractivity contribution in [1.82, 2.24) is 9.97 Å². The number of anilines is 3. The fraction of sp³-hybridized carbons (Fsp3) is 0.444. The molecule has 23 heavy (non-hydrogen) atoms. The third kappa shape index (κ3) is 4.34. The van der Waals surface area contributed by atoms with Crippen LogP contribution in [0.5, 0.6) is 5.75 Å². The smallest absolute Gasteiger partial charge is 0.136 e. The molecule has 1 fully saturated rings. The highest BCUT2D eigenvalue weighted by molar-refractivity contribution is 5.60. The fourth-order valence-electron chi connectivity index (χ4n) is 2.98. The molecule has 0 saturated heterocycles. The predicted molar refractivity (Wildman–Crippen MR) is 93.5 cm³/mol. The molecule has 1 saturated carbocycles. The maximum Gasteiger partial charge on any atom is 0.136 e. The minimum atomic E-state index is 0.534. The van der Waals surface area contributed by atoms with Gasteiger partial charge in [-0.25, -0.2) is 9.97 Å². The minimum absolute atomic E-state index is 0.534. The van der Waals surface area contributed by atoms with E-state index in [0.29, 0.717) is 6.04 Å². The zero-order valence-electron chi connectivity index (χ0n) is 13.8. The highest BCUT2D eigenvalue weighted by Gasteiger charge is 2.14. The van der Waals surface area contributed by atoms with Crippen molar-refractivity contribution < 1.29 is 4.74 Å². The van der Waals surface area contributed by atoms with Crippen molar-refractivity contribution in [3.63, 3.8) is 0 Å². The lowest BCUT2D eigenvalue weighted by Crippen LogP contribution is -2.23. The van der Waals surface area contributed by atoms with Crippen LogP contribution in [0, 0.1) is 6.92 Å². The molecule has 2 N–H and O–H groups in total. The fourth-order valence-corrected chi connectivity index (χ4v) is 2.98. The van der Waals surface area contributed by atoms with Gasteiger partial charge in [-0.2, -0.15) is 0 Å². The van der Waals surface area contributed by atoms with E-state index in [9.17, 15) is 0 Å². The predicted octanol–water partition coefficient (Wildman–Crippen LogP) is 4.28. The Labute approximate surface area is 137 Å². The van der Waals surface area contributed by atoms with Crippen molar-refractivity contribution >= 4 is 17.3 Å². The van der Waals surface area contributed by atoms with Gasteiger partial charge in [0.25, 0.3) is 0 Å². The zero-order chi connectivity index (χ0) is 16.1. The van der Waals surface area contributed by atoms with Gasteiger partial charge in [-0.1, -0.05) is 19.3 Å². The first-order valence-electron chi connectivity index (χ1n) is 8.26. The molecule has 0 atom stereocenters. The molecule has 1 aliphatic carbocycles. The Bertz CT molecular complexity index is 636. The number of nitrogens with one attached hydrogen (secondary N) is 2. The van der Waals surface area contributed by atoms with Gasteiger partial charge in [0.1, 0.15) is 23.2 Å². The highest BCUT2D eigenvalue weighted by atomic mass is 16.5. The van der Waals surface area contributed by atoms with Crippen LogP contribution in [0.3, 0.4) is 0 Å². The molecule has 5 nitrogen and oxygen atoms in total. The van der Waals surface area contributed by atoms with Crippen LogP contribution >= 0.6 is 0 Å². The van der Waals surface area contributed by atoms with Gasteiger partial charge in [-0.05, 0) is 44.0 Å². The topological polar surface area (TPSA) is 59.1 Å². The van der Waals surface area contributed by atoms with E-state index in [1.807, 2.05) is 37.3 Å². The number of hydrogen-bond acceptors (Lipinski definition) is 5. The van der Waals surface area contributed by atoms with E-state index < -0.39 is 0 Å². The summed E-state index contributed by atoms with van der Waals surface area (Å²) in [6.07, 6.45) is 6.41. The molecule has 0 unspecified atom stereocenters. The third-order valence-electron chi connectivity index (χ3n) is 4.16. The van der Waals surface area contributed by atoms with Gasteiger partial charge in [0.15, 0.2) is 0 Å². The highest BCUT2D eigenvalue weighted by Crippen LogP contribution is 2.23. The lowest BCUT2D eigenvalue weighted by molar-refractivity contribution is 0.415. The van der Waals surface area contributed by atoms with Crippen molar-refractivity contribution in [1.29, 1.82) is 0 Å². The van der Waals surface area contributed by atoms with Crippen LogP contribution in [0.25, 0.3) is 0 Å². The molecule has 3 rings (SSSR count). The summed E-state index contributed by atoms with van der Waals surface area (Å²) in [6, 6.07) is 10.3. The first-order chi connectivity index (χ1) is 11.2. The molecule has 2 aromatic rings. The first-order valence-corrected chi connectivity index (χ1v) is 8.26. The van der Waals surface area contributed by atoms with Gasteiger partial charge in [0.2, 0.25) is 0 Å². The van der Waals surface area contributed by atoms with Crippen LogP contribution in [0.15, 0.2) is 30.3 Å². The molecule has 0 radical (unpaired) electrons. The van der Waals surface area contributed by atoms with Gasteiger partial charge in [-0.15, -0.1) is 0 Å². The van der Waals surface area contributed by atoms with Crippen molar-refractivity contribution in [2.75, 3.05) is 17.7 Å². The number of methoxy groups -OCH3 is 1. The lowest BCUT2D eigenvalue weighted by atomic mass is 9.95. The molecule has 0 bridgehead atoms. The van der Waals surface area contributed by atoms with Crippen LogP contribution in [0.4, 0.5) is 17.3 Å². The molecule has 1 aromatic heterocycles. The molecule has 1 heterocycles. The summed E-state index contributed by atoms with van der Waals surface area (Å²) in [7, 11) is 1.67. The van der Waals surface area contributed by atoms with E-state index in [0.717, 1.165) is 28.9 Å². The van der Waals surface area contributed by atoms with Gasteiger partial charge >= 0.3 is 0 Å². The molecule has 0 spiro atoms. The van der Waals surface area contributed by atoms with Gasteiger partial charge in [-0.3, -0.25) is 0 Å². The third-order valence-corrected chi connectivity index (χ3v) is 4.16. The number of benzene rings is 1. The Balaban J connectivity index is 1.71. The molecule has 0 amide bonds. The van der Waals surface area contributed by atoms with Crippen molar-refractivity contribution in [3.8, 4) is 5.75 Å². The van der Waals surface area contributed by atoms with Crippen LogP contribution in [0.1, 0.15) is 37.9 Å². The van der Waals surface area contributed by atoms with E-state index in [1.54, 1.807) is 7.11 Å². The van der Waals surface area contributed by atoms with Crippen LogP contribution in [-0.4, -0.2) is 23.1 Å². The molecule has 1 aliphatic rings. The van der Waals surface area contributed by atoms with Crippen LogP contribution in [0.2, 0.25) is 0 Å². The Morgan fingerprint density at radius 2 is 1.70 bits per heavy atom. The van der Waals surface area contributed by atoms with E-state index in [-0.39, 0.29) is 0 Å². The van der Waals surface area contributed by atoms with E-state index in [4.69, 9.17) is 4.74 Å². The van der Waals surface area contributed by atoms with E-state index in [1.165, 1.54) is 32.1 Å². The van der Waals surface area contributed by atoms with Crippen molar-refractivity contribution in [3.05, 3.63) is 36.2 Å². The lowest BCUT2D eigenvalue weighted by Gasteiger charge is -2.23. The standard InChI is InChI=1S/C18H24N4O/c1-13-19-17(21-14-6-4-3-5-7-14)12-18(20-13)22-15-8-10-16(23-2)11-9-15/h8-12,14H,3-7H2,1-2H3,(H2,19,20,21,22). The number of rotatable bonds is 5. The first kappa shape index (κ1) is 15.6. The number of aromatic nitrogens is 2. The second-order valence-electron chi connectivity index (χ2n) is 6.02. The largest absolute Gasteiger partial charge is 0.497 e. The second kappa shape index (κ2) is 7.31. The molecule has 1 aromatic carbocycles. The van der Waals surface area contributed by atoms with E-state index in [2.05, 4.69) is 20.6 Å². The number of nitrogens with zero attached hydrogens (tertiary/aromatic N) is 2. The van der Waals surface area contributed by atoms with Gasteiger partial charge in [0, 0.05) is 17.8 Å². The molecule has 5 heteroatoms. The zero-order valence-corrected chi connectivity index (χ0v) is 13.8. The summed E-state index contributed by atoms with van der Waals surface area (Å²) in [6.45, 7) is 1.92. The normalized spacial score (nSPS) is 15.2. The molecular weight excluding hydrogens is 288 g/mol. The Kier molecular flexibility index (Phi) is 4.95. The van der Waals surface area contributed by atoms with Crippen molar-refractivity contribution in [2.24, 2.45) is 0 Å². The van der Waals surface area contributed by atoms with Crippen molar-refractivity contribution in [2.45, 2.75) is 45.1 Å². The average molecular weight is 312 g/mol.